The van der Waals surface area contributed by atoms with Gasteiger partial charge < -0.3 is 15.4 Å². The van der Waals surface area contributed by atoms with E-state index in [1.54, 1.807) is 0 Å². The summed E-state index contributed by atoms with van der Waals surface area (Å²) >= 11 is 0. The molecule has 0 aliphatic heterocycles. The van der Waals surface area contributed by atoms with Crippen molar-refractivity contribution in [3.63, 3.8) is 0 Å². The van der Waals surface area contributed by atoms with Crippen molar-refractivity contribution in [2.75, 3.05) is 5.73 Å². The molecule has 5 nitrogen and oxygen atoms in total. The Balaban J connectivity index is 0.00000144. The van der Waals surface area contributed by atoms with E-state index in [9.17, 15) is 18.1 Å². The molecule has 0 aromatic heterocycles. The molecule has 0 aliphatic carbocycles. The summed E-state index contributed by atoms with van der Waals surface area (Å²) < 4.78 is 32.4. The molecular formula is C10H7K2NO4S. The molecular weight excluding hydrogens is 308 g/mol. The first kappa shape index (κ1) is 19.5. The summed E-state index contributed by atoms with van der Waals surface area (Å²) in [7, 11) is -4.62. The fourth-order valence-electron chi connectivity index (χ4n) is 1.47. The Bertz CT molecular complexity index is 673. The van der Waals surface area contributed by atoms with E-state index in [-0.39, 0.29) is 103 Å². The average molecular weight is 315 g/mol. The second-order valence-electron chi connectivity index (χ2n) is 3.36. The zero-order chi connectivity index (χ0) is 11.9. The van der Waals surface area contributed by atoms with Crippen LogP contribution in [0.3, 0.4) is 0 Å². The molecule has 0 saturated carbocycles. The zero-order valence-electron chi connectivity index (χ0n) is 10.0. The van der Waals surface area contributed by atoms with Crippen molar-refractivity contribution < 1.29 is 121 Å². The van der Waals surface area contributed by atoms with Crippen molar-refractivity contribution in [3.8, 4) is 5.75 Å². The minimum atomic E-state index is -4.62. The van der Waals surface area contributed by atoms with Gasteiger partial charge in [-0.1, -0.05) is 17.9 Å². The predicted octanol–water partition coefficient (Wildman–Crippen LogP) is -5.59. The number of rotatable bonds is 1. The minimum Gasteiger partial charge on any atom is -0.872 e. The van der Waals surface area contributed by atoms with Crippen molar-refractivity contribution in [1.29, 1.82) is 0 Å². The summed E-state index contributed by atoms with van der Waals surface area (Å²) in [6, 6.07) is 6.45. The van der Waals surface area contributed by atoms with Gasteiger partial charge in [0.2, 0.25) is 0 Å². The first-order valence-corrected chi connectivity index (χ1v) is 5.75. The second kappa shape index (κ2) is 7.48. The van der Waals surface area contributed by atoms with E-state index in [0.29, 0.717) is 16.5 Å². The summed E-state index contributed by atoms with van der Waals surface area (Å²) in [4.78, 5) is -0.532. The molecule has 0 heterocycles. The fraction of sp³-hybridized carbons (Fsp3) is 0. The van der Waals surface area contributed by atoms with Crippen LogP contribution >= 0.6 is 0 Å². The van der Waals surface area contributed by atoms with E-state index < -0.39 is 20.8 Å². The zero-order valence-corrected chi connectivity index (χ0v) is 17.1. The van der Waals surface area contributed by atoms with Gasteiger partial charge in [0.1, 0.15) is 10.1 Å². The molecule has 0 atom stereocenters. The first-order chi connectivity index (χ1) is 7.38. The van der Waals surface area contributed by atoms with Gasteiger partial charge in [-0.05, 0) is 29.0 Å². The van der Waals surface area contributed by atoms with Crippen molar-refractivity contribution in [3.05, 3.63) is 30.3 Å². The van der Waals surface area contributed by atoms with Crippen LogP contribution in [-0.4, -0.2) is 13.0 Å². The number of hydrogen-bond acceptors (Lipinski definition) is 5. The van der Waals surface area contributed by atoms with Gasteiger partial charge in [-0.25, -0.2) is 8.42 Å². The van der Waals surface area contributed by atoms with Crippen molar-refractivity contribution in [1.82, 2.24) is 0 Å². The monoisotopic (exact) mass is 315 g/mol. The summed E-state index contributed by atoms with van der Waals surface area (Å²) in [5.41, 5.74) is 5.90. The van der Waals surface area contributed by atoms with E-state index in [1.165, 1.54) is 18.2 Å². The van der Waals surface area contributed by atoms with Crippen LogP contribution in [0, 0.1) is 0 Å². The topological polar surface area (TPSA) is 106 Å². The van der Waals surface area contributed by atoms with Crippen molar-refractivity contribution >= 4 is 26.6 Å². The number of nitrogens with two attached hydrogens (primary N) is 1. The third kappa shape index (κ3) is 4.50. The molecule has 2 rings (SSSR count). The maximum atomic E-state index is 11.5. The number of anilines is 1. The van der Waals surface area contributed by atoms with Crippen LogP contribution in [0.15, 0.2) is 35.2 Å². The Kier molecular flexibility index (Phi) is 8.10. The van der Waals surface area contributed by atoms with Crippen LogP contribution < -0.4 is 114 Å². The molecule has 0 aliphatic rings. The van der Waals surface area contributed by atoms with E-state index in [1.807, 2.05) is 0 Å². The van der Waals surface area contributed by atoms with Gasteiger partial charge in [-0.2, -0.15) is 0 Å². The standard InChI is InChI=1S/C10H9NO4S.2K/c11-7-1-2-9-6(3-7)4-8(5-10(9)12)16(13,14)15;;/h1-5,12H,11H2,(H,13,14,15);;/q;2*+1/p-2. The van der Waals surface area contributed by atoms with Crippen LogP contribution in [0.25, 0.3) is 10.8 Å². The van der Waals surface area contributed by atoms with E-state index in [0.717, 1.165) is 12.1 Å². The van der Waals surface area contributed by atoms with E-state index in [4.69, 9.17) is 5.73 Å². The molecule has 0 fully saturated rings. The Labute approximate surface area is 190 Å². The molecule has 2 aromatic carbocycles. The Hall–Kier alpha value is 1.48. The molecule has 2 N–H and O–H groups in total. The van der Waals surface area contributed by atoms with Crippen molar-refractivity contribution in [2.24, 2.45) is 0 Å². The Morgan fingerprint density at radius 1 is 1.06 bits per heavy atom. The van der Waals surface area contributed by atoms with E-state index in [2.05, 4.69) is 0 Å². The number of hydrogen-bond donors (Lipinski definition) is 1. The van der Waals surface area contributed by atoms with Gasteiger partial charge in [-0.3, -0.25) is 0 Å². The Morgan fingerprint density at radius 2 is 1.67 bits per heavy atom. The molecule has 0 radical (unpaired) electrons. The second-order valence-corrected chi connectivity index (χ2v) is 4.74. The maximum absolute atomic E-state index is 11.5. The van der Waals surface area contributed by atoms with Gasteiger partial charge in [-0.15, -0.1) is 0 Å². The molecule has 18 heavy (non-hydrogen) atoms. The van der Waals surface area contributed by atoms with Crippen molar-refractivity contribution in [2.45, 2.75) is 4.90 Å². The SMILES string of the molecule is Nc1ccc2c([O-])cc(S(=O)(=O)[O-])cc2c1.[K+].[K+]. The molecule has 0 unspecified atom stereocenters. The molecule has 8 heteroatoms. The van der Waals surface area contributed by atoms with Crippen LogP contribution in [0.5, 0.6) is 5.75 Å². The van der Waals surface area contributed by atoms with Crippen LogP contribution in [0.4, 0.5) is 5.69 Å². The molecule has 2 aromatic rings. The van der Waals surface area contributed by atoms with Crippen LogP contribution in [0.1, 0.15) is 0 Å². The number of nitrogen functional groups attached to an aromatic ring is 1. The average Bonchev–Trinajstić information content (AvgIpc) is 2.15. The summed E-state index contributed by atoms with van der Waals surface area (Å²) in [5.74, 6) is -0.507. The Morgan fingerprint density at radius 3 is 2.22 bits per heavy atom. The quantitative estimate of drug-likeness (QED) is 0.321. The van der Waals surface area contributed by atoms with Crippen LogP contribution in [-0.2, 0) is 10.1 Å². The minimum absolute atomic E-state index is 0. The number of fused-ring (bicyclic) bond motifs is 1. The van der Waals surface area contributed by atoms with Gasteiger partial charge in [0.15, 0.2) is 0 Å². The van der Waals surface area contributed by atoms with E-state index >= 15 is 0 Å². The summed E-state index contributed by atoms with van der Waals surface area (Å²) in [5, 5.41) is 12.2. The van der Waals surface area contributed by atoms with Gasteiger partial charge in [0.25, 0.3) is 0 Å². The third-order valence-corrected chi connectivity index (χ3v) is 3.01. The third-order valence-electron chi connectivity index (χ3n) is 2.20. The predicted molar refractivity (Wildman–Crippen MR) is 55.8 cm³/mol. The van der Waals surface area contributed by atoms with Gasteiger partial charge >= 0.3 is 103 Å². The molecule has 0 spiro atoms. The van der Waals surface area contributed by atoms with Gasteiger partial charge in [0.05, 0.1) is 4.90 Å². The molecule has 84 valence electrons. The largest absolute Gasteiger partial charge is 1.00 e. The van der Waals surface area contributed by atoms with Crippen LogP contribution in [0.2, 0.25) is 0 Å². The summed E-state index contributed by atoms with van der Waals surface area (Å²) in [6.45, 7) is 0. The smallest absolute Gasteiger partial charge is 0.872 e. The van der Waals surface area contributed by atoms with Gasteiger partial charge in [0, 0.05) is 5.69 Å². The molecule has 0 amide bonds. The number of benzene rings is 2. The maximum Gasteiger partial charge on any atom is 1.00 e. The summed E-state index contributed by atoms with van der Waals surface area (Å²) in [6.07, 6.45) is 0. The fourth-order valence-corrected chi connectivity index (χ4v) is 1.99. The first-order valence-electron chi connectivity index (χ1n) is 4.34. The normalized spacial score (nSPS) is 10.5. The molecule has 0 bridgehead atoms. The molecule has 0 saturated heterocycles.